The number of anilines is 3. The van der Waals surface area contributed by atoms with Crippen molar-refractivity contribution in [3.05, 3.63) is 228 Å². The van der Waals surface area contributed by atoms with Gasteiger partial charge in [0.25, 0.3) is 0 Å². The molecule has 12 rings (SSSR count). The molecule has 8 aromatic carbocycles. The third kappa shape index (κ3) is 5.58. The molecule has 1 aromatic heterocycles. The lowest BCUT2D eigenvalue weighted by Gasteiger charge is -2.32. The molecule has 0 bridgehead atoms. The lowest BCUT2D eigenvalue weighted by molar-refractivity contribution is 0.524. The number of hydrogen-bond donors (Lipinski definition) is 0. The summed E-state index contributed by atoms with van der Waals surface area (Å²) in [5, 5.41) is 2.48. The Labute approximate surface area is 364 Å². The van der Waals surface area contributed by atoms with E-state index in [0.717, 1.165) is 29.2 Å². The molecule has 296 valence electrons. The zero-order valence-corrected chi connectivity index (χ0v) is 34.9. The van der Waals surface area contributed by atoms with Gasteiger partial charge in [-0.1, -0.05) is 159 Å². The van der Waals surface area contributed by atoms with Crippen molar-refractivity contribution >= 4 is 38.9 Å². The van der Waals surface area contributed by atoms with Gasteiger partial charge in [0.05, 0.1) is 16.4 Å². The summed E-state index contributed by atoms with van der Waals surface area (Å²) in [6, 6.07) is 70.5. The highest BCUT2D eigenvalue weighted by molar-refractivity contribution is 6.11. The zero-order valence-electron chi connectivity index (χ0n) is 34.9. The fourth-order valence-electron chi connectivity index (χ4n) is 11.1. The molecule has 3 aliphatic rings. The fraction of sp³-hybridized carbons (Fsp3) is 0.133. The Balaban J connectivity index is 1.02. The van der Waals surface area contributed by atoms with Crippen LogP contribution in [0.25, 0.3) is 49.7 Å². The standard InChI is InChI=1S/C60H46N2/c1-41(17-16-20-42-18-4-2-5-19-42)43-31-33-45(34-32-43)61(46-36-38-59-53(39-46)52-26-11-15-30-58(52)62(59)44-21-6-3-7-22-44)47-35-37-51-50-25-10-14-29-56(50)60(57(51)40-47)54-27-12-8-23-48(54)49-24-9-13-28-55(49)60/h3-4,6-15,18,21-42H,16-17,19-20H2,1H3. The minimum atomic E-state index is -0.423. The largest absolute Gasteiger partial charge is 0.310 e. The van der Waals surface area contributed by atoms with E-state index in [4.69, 9.17) is 0 Å². The molecule has 0 aliphatic heterocycles. The topological polar surface area (TPSA) is 8.17 Å². The van der Waals surface area contributed by atoms with Crippen LogP contribution in [0, 0.1) is 17.8 Å². The van der Waals surface area contributed by atoms with Crippen LogP contribution in [-0.2, 0) is 5.41 Å². The minimum absolute atomic E-state index is 0.423. The Morgan fingerprint density at radius 2 is 1.15 bits per heavy atom. The highest BCUT2D eigenvalue weighted by Crippen LogP contribution is 2.63. The molecule has 0 saturated carbocycles. The van der Waals surface area contributed by atoms with Crippen LogP contribution in [0.5, 0.6) is 0 Å². The van der Waals surface area contributed by atoms with Crippen molar-refractivity contribution in [2.24, 2.45) is 5.92 Å². The predicted molar refractivity (Wildman–Crippen MR) is 259 cm³/mol. The molecule has 0 saturated heterocycles. The van der Waals surface area contributed by atoms with E-state index < -0.39 is 5.41 Å². The first-order valence-corrected chi connectivity index (χ1v) is 22.3. The maximum Gasteiger partial charge on any atom is 0.0726 e. The molecule has 0 N–H and O–H groups in total. The monoisotopic (exact) mass is 794 g/mol. The molecular formula is C60H46N2. The summed E-state index contributed by atoms with van der Waals surface area (Å²) >= 11 is 0. The van der Waals surface area contributed by atoms with Gasteiger partial charge in [0.2, 0.25) is 0 Å². The van der Waals surface area contributed by atoms with Gasteiger partial charge >= 0.3 is 0 Å². The van der Waals surface area contributed by atoms with Crippen molar-refractivity contribution in [2.75, 3.05) is 4.90 Å². The quantitative estimate of drug-likeness (QED) is 0.132. The summed E-state index contributed by atoms with van der Waals surface area (Å²) in [7, 11) is 0. The maximum absolute atomic E-state index is 3.27. The van der Waals surface area contributed by atoms with Crippen LogP contribution >= 0.6 is 0 Å². The van der Waals surface area contributed by atoms with E-state index in [1.165, 1.54) is 91.1 Å². The Morgan fingerprint density at radius 1 is 0.565 bits per heavy atom. The van der Waals surface area contributed by atoms with Gasteiger partial charge in [-0.2, -0.15) is 0 Å². The van der Waals surface area contributed by atoms with Crippen LogP contribution in [0.2, 0.25) is 0 Å². The van der Waals surface area contributed by atoms with E-state index in [1.807, 2.05) is 6.08 Å². The summed E-state index contributed by atoms with van der Waals surface area (Å²) < 4.78 is 2.40. The lowest BCUT2D eigenvalue weighted by Crippen LogP contribution is -2.26. The summed E-state index contributed by atoms with van der Waals surface area (Å²) in [5.41, 5.74) is 18.6. The first kappa shape index (κ1) is 36.5. The number of para-hydroxylation sites is 2. The van der Waals surface area contributed by atoms with E-state index in [-0.39, 0.29) is 0 Å². The van der Waals surface area contributed by atoms with E-state index in [0.29, 0.717) is 11.8 Å². The SMILES string of the molecule is CC(CCCC1C=CC#CC1)c1ccc(N(c2ccc3c(c2)C2(c4ccccc4-c4ccccc42)c2ccccc2-3)c2ccc3c(c2)c2ccccc2n3-c2ccccc2)cc1. The second-order valence-corrected chi connectivity index (χ2v) is 17.4. The van der Waals surface area contributed by atoms with E-state index in [9.17, 15) is 0 Å². The molecule has 0 radical (unpaired) electrons. The van der Waals surface area contributed by atoms with Crippen molar-refractivity contribution in [1.29, 1.82) is 0 Å². The van der Waals surface area contributed by atoms with Gasteiger partial charge in [-0.05, 0) is 141 Å². The summed E-state index contributed by atoms with van der Waals surface area (Å²) in [4.78, 5) is 2.49. The smallest absolute Gasteiger partial charge is 0.0726 e. The first-order valence-electron chi connectivity index (χ1n) is 22.3. The molecule has 2 atom stereocenters. The van der Waals surface area contributed by atoms with Gasteiger partial charge in [-0.25, -0.2) is 0 Å². The van der Waals surface area contributed by atoms with Gasteiger partial charge in [0, 0.05) is 39.9 Å². The first-order chi connectivity index (χ1) is 30.7. The highest BCUT2D eigenvalue weighted by Gasteiger charge is 2.51. The number of hydrogen-bond acceptors (Lipinski definition) is 1. The average Bonchev–Trinajstić information content (AvgIpc) is 3.94. The van der Waals surface area contributed by atoms with Crippen molar-refractivity contribution in [2.45, 2.75) is 43.9 Å². The Kier molecular flexibility index (Phi) is 8.65. The minimum Gasteiger partial charge on any atom is -0.310 e. The molecular weight excluding hydrogens is 749 g/mol. The van der Waals surface area contributed by atoms with E-state index in [1.54, 1.807) is 0 Å². The molecule has 0 fully saturated rings. The van der Waals surface area contributed by atoms with E-state index >= 15 is 0 Å². The molecule has 2 nitrogen and oxygen atoms in total. The molecule has 1 heterocycles. The van der Waals surface area contributed by atoms with Crippen molar-refractivity contribution in [3.8, 4) is 39.8 Å². The number of rotatable bonds is 9. The summed E-state index contributed by atoms with van der Waals surface area (Å²) in [6.45, 7) is 2.38. The second kappa shape index (κ2) is 14.7. The molecule has 2 heteroatoms. The van der Waals surface area contributed by atoms with Crippen LogP contribution in [0.3, 0.4) is 0 Å². The Hall–Kier alpha value is -7.34. The third-order valence-electron chi connectivity index (χ3n) is 14.0. The van der Waals surface area contributed by atoms with Crippen molar-refractivity contribution in [1.82, 2.24) is 4.57 Å². The van der Waals surface area contributed by atoms with Gasteiger partial charge in [0.1, 0.15) is 0 Å². The van der Waals surface area contributed by atoms with Gasteiger partial charge in [-0.3, -0.25) is 0 Å². The number of aromatic nitrogens is 1. The van der Waals surface area contributed by atoms with Gasteiger partial charge < -0.3 is 9.47 Å². The fourth-order valence-corrected chi connectivity index (χ4v) is 11.1. The van der Waals surface area contributed by atoms with Crippen LogP contribution in [0.4, 0.5) is 17.1 Å². The van der Waals surface area contributed by atoms with Crippen molar-refractivity contribution < 1.29 is 0 Å². The maximum atomic E-state index is 3.27. The molecule has 2 unspecified atom stereocenters. The molecule has 1 spiro atoms. The van der Waals surface area contributed by atoms with Crippen LogP contribution < -0.4 is 4.90 Å². The van der Waals surface area contributed by atoms with Crippen LogP contribution in [0.15, 0.2) is 200 Å². The summed E-state index contributed by atoms with van der Waals surface area (Å²) in [6.07, 6.45) is 8.89. The van der Waals surface area contributed by atoms with Crippen LogP contribution in [0.1, 0.15) is 66.3 Å². The number of fused-ring (bicyclic) bond motifs is 13. The van der Waals surface area contributed by atoms with E-state index in [2.05, 4.69) is 222 Å². The molecule has 3 aliphatic carbocycles. The molecule has 62 heavy (non-hydrogen) atoms. The van der Waals surface area contributed by atoms with Gasteiger partial charge in [-0.15, -0.1) is 0 Å². The predicted octanol–water partition coefficient (Wildman–Crippen LogP) is 15.5. The molecule has 0 amide bonds. The number of nitrogens with zero attached hydrogens (tertiary/aromatic N) is 2. The normalized spacial score (nSPS) is 15.5. The Bertz CT molecular complexity index is 3220. The van der Waals surface area contributed by atoms with Crippen molar-refractivity contribution in [3.63, 3.8) is 0 Å². The lowest BCUT2D eigenvalue weighted by atomic mass is 9.70. The average molecular weight is 795 g/mol. The summed E-state index contributed by atoms with van der Waals surface area (Å²) in [5.74, 6) is 7.43. The number of benzene rings is 8. The number of allylic oxidation sites excluding steroid dienone is 2. The highest BCUT2D eigenvalue weighted by atomic mass is 15.1. The molecule has 9 aromatic rings. The van der Waals surface area contributed by atoms with Gasteiger partial charge in [0.15, 0.2) is 0 Å². The van der Waals surface area contributed by atoms with Crippen LogP contribution in [-0.4, -0.2) is 4.57 Å². The zero-order chi connectivity index (χ0) is 41.2. The third-order valence-corrected chi connectivity index (χ3v) is 14.0. The Morgan fingerprint density at radius 3 is 1.84 bits per heavy atom. The second-order valence-electron chi connectivity index (χ2n) is 17.4.